The van der Waals surface area contributed by atoms with Gasteiger partial charge in [-0.3, -0.25) is 4.79 Å². The summed E-state index contributed by atoms with van der Waals surface area (Å²) in [5.74, 6) is -0.599. The van der Waals surface area contributed by atoms with E-state index in [1.54, 1.807) is 24.9 Å². The third-order valence-corrected chi connectivity index (χ3v) is 6.78. The fraction of sp³-hybridized carbons (Fsp3) is 0.433. The van der Waals surface area contributed by atoms with Gasteiger partial charge in [-0.05, 0) is 82.9 Å². The summed E-state index contributed by atoms with van der Waals surface area (Å²) in [4.78, 5) is 33.2. The normalized spacial score (nSPS) is 14.2. The third-order valence-electron chi connectivity index (χ3n) is 6.78. The van der Waals surface area contributed by atoms with Gasteiger partial charge in [0.25, 0.3) is 12.3 Å². The highest BCUT2D eigenvalue weighted by Gasteiger charge is 2.27. The summed E-state index contributed by atoms with van der Waals surface area (Å²) in [7, 11) is 0. The van der Waals surface area contributed by atoms with Crippen LogP contribution in [0.3, 0.4) is 0 Å². The van der Waals surface area contributed by atoms with Crippen molar-refractivity contribution in [1.29, 1.82) is 0 Å². The van der Waals surface area contributed by atoms with Gasteiger partial charge >= 0.3 is 6.09 Å². The lowest BCUT2D eigenvalue weighted by Gasteiger charge is -2.30. The smallest absolute Gasteiger partial charge is 0.410 e. The van der Waals surface area contributed by atoms with E-state index in [0.717, 1.165) is 22.1 Å². The van der Waals surface area contributed by atoms with Crippen molar-refractivity contribution in [2.75, 3.05) is 19.6 Å². The van der Waals surface area contributed by atoms with Gasteiger partial charge < -0.3 is 18.9 Å². The van der Waals surface area contributed by atoms with Crippen LogP contribution in [-0.4, -0.2) is 68.9 Å². The number of imidazole rings is 1. The average Bonchev–Trinajstić information content (AvgIpc) is 3.25. The van der Waals surface area contributed by atoms with Gasteiger partial charge in [0.15, 0.2) is 0 Å². The second-order valence-electron chi connectivity index (χ2n) is 11.2. The molecule has 0 radical (unpaired) electrons. The van der Waals surface area contributed by atoms with Gasteiger partial charge in [0, 0.05) is 30.9 Å². The Morgan fingerprint density at radius 2 is 1.88 bits per heavy atom. The second kappa shape index (κ2) is 11.3. The molecule has 214 valence electrons. The van der Waals surface area contributed by atoms with Crippen LogP contribution in [0.2, 0.25) is 0 Å². The molecule has 0 N–H and O–H groups in total. The minimum Gasteiger partial charge on any atom is -0.444 e. The number of nitrogens with zero attached hydrogens (tertiary/aromatic N) is 4. The van der Waals surface area contributed by atoms with E-state index in [1.165, 1.54) is 12.1 Å². The summed E-state index contributed by atoms with van der Waals surface area (Å²) in [5.41, 5.74) is 2.99. The Hall–Kier alpha value is -3.82. The molecule has 0 bridgehead atoms. The van der Waals surface area contributed by atoms with Crippen LogP contribution >= 0.6 is 0 Å². The van der Waals surface area contributed by atoms with Crippen molar-refractivity contribution in [2.45, 2.75) is 66.0 Å². The standard InChI is InChI=1S/C30H35F3N4O3/c1-18(2)36(17-27(32)33)28(38)25-14-22(31)7-8-23(25)24-13-21(16-37-19(3)34-15-26(24)37)20-9-11-35(12-10-20)29(39)40-30(4,5)6/h7-9,13-16,18,27H,10-12,17H2,1-6H3. The van der Waals surface area contributed by atoms with E-state index >= 15 is 0 Å². The summed E-state index contributed by atoms with van der Waals surface area (Å²) in [6, 6.07) is 5.25. The Bertz CT molecular complexity index is 1460. The molecule has 0 spiro atoms. The first-order chi connectivity index (χ1) is 18.7. The van der Waals surface area contributed by atoms with Gasteiger partial charge in [0.05, 0.1) is 23.8 Å². The summed E-state index contributed by atoms with van der Waals surface area (Å²) in [6.07, 6.45) is 3.04. The van der Waals surface area contributed by atoms with Gasteiger partial charge in [-0.2, -0.15) is 0 Å². The number of hydrogen-bond acceptors (Lipinski definition) is 4. The molecule has 0 aliphatic carbocycles. The summed E-state index contributed by atoms with van der Waals surface area (Å²) < 4.78 is 48.5. The molecule has 40 heavy (non-hydrogen) atoms. The van der Waals surface area contributed by atoms with Gasteiger partial charge in [0.2, 0.25) is 0 Å². The summed E-state index contributed by atoms with van der Waals surface area (Å²) in [5, 5.41) is 0. The van der Waals surface area contributed by atoms with Crippen molar-refractivity contribution >= 4 is 23.1 Å². The van der Waals surface area contributed by atoms with Crippen LogP contribution in [0.4, 0.5) is 18.0 Å². The predicted octanol–water partition coefficient (Wildman–Crippen LogP) is 6.59. The zero-order chi connectivity index (χ0) is 29.4. The van der Waals surface area contributed by atoms with Crippen molar-refractivity contribution in [3.63, 3.8) is 0 Å². The Balaban J connectivity index is 1.78. The van der Waals surface area contributed by atoms with Crippen LogP contribution in [0, 0.1) is 12.7 Å². The zero-order valence-electron chi connectivity index (χ0n) is 23.7. The lowest BCUT2D eigenvalue weighted by molar-refractivity contribution is 0.0270. The van der Waals surface area contributed by atoms with Gasteiger partial charge in [-0.15, -0.1) is 0 Å². The number of alkyl halides is 2. The quantitative estimate of drug-likeness (QED) is 0.344. The lowest BCUT2D eigenvalue weighted by atomic mass is 9.93. The van der Waals surface area contributed by atoms with Crippen molar-refractivity contribution in [1.82, 2.24) is 19.2 Å². The monoisotopic (exact) mass is 556 g/mol. The number of hydrogen-bond donors (Lipinski definition) is 0. The zero-order valence-corrected chi connectivity index (χ0v) is 23.7. The van der Waals surface area contributed by atoms with Gasteiger partial charge in [-0.1, -0.05) is 12.1 Å². The SMILES string of the molecule is Cc1ncc2c(-c3ccc(F)cc3C(=O)N(CC(F)F)C(C)C)cc(C3=CCN(C(=O)OC(C)(C)C)CC3)cn12. The molecule has 4 rings (SSSR count). The largest absolute Gasteiger partial charge is 0.444 e. The molecule has 1 aliphatic rings. The van der Waals surface area contributed by atoms with E-state index in [4.69, 9.17) is 4.74 Å². The predicted molar refractivity (Wildman–Crippen MR) is 148 cm³/mol. The number of ether oxygens (including phenoxy) is 1. The number of rotatable bonds is 6. The molecule has 2 aromatic heterocycles. The number of carbonyl (C=O) groups is 2. The molecular formula is C30H35F3N4O3. The highest BCUT2D eigenvalue weighted by atomic mass is 19.3. The fourth-order valence-corrected chi connectivity index (χ4v) is 4.80. The van der Waals surface area contributed by atoms with E-state index in [2.05, 4.69) is 4.98 Å². The molecule has 3 heterocycles. The first-order valence-corrected chi connectivity index (χ1v) is 13.3. The summed E-state index contributed by atoms with van der Waals surface area (Å²) >= 11 is 0. The maximum atomic E-state index is 14.5. The topological polar surface area (TPSA) is 67.2 Å². The highest BCUT2D eigenvalue weighted by Crippen LogP contribution is 2.34. The maximum absolute atomic E-state index is 14.5. The minimum absolute atomic E-state index is 0.000905. The minimum atomic E-state index is -2.73. The number of carbonyl (C=O) groups excluding carboxylic acids is 2. The van der Waals surface area contributed by atoms with Crippen molar-refractivity contribution < 1.29 is 27.5 Å². The van der Waals surface area contributed by atoms with E-state index in [1.807, 2.05) is 50.4 Å². The Labute approximate surface area is 232 Å². The fourth-order valence-electron chi connectivity index (χ4n) is 4.80. The van der Waals surface area contributed by atoms with Crippen LogP contribution in [-0.2, 0) is 4.74 Å². The van der Waals surface area contributed by atoms with Crippen LogP contribution in [0.15, 0.2) is 42.7 Å². The lowest BCUT2D eigenvalue weighted by Crippen LogP contribution is -2.40. The molecule has 3 aromatic rings. The van der Waals surface area contributed by atoms with Crippen molar-refractivity contribution in [3.05, 3.63) is 65.5 Å². The number of fused-ring (bicyclic) bond motifs is 1. The van der Waals surface area contributed by atoms with E-state index in [0.29, 0.717) is 42.0 Å². The van der Waals surface area contributed by atoms with Crippen LogP contribution in [0.25, 0.3) is 22.2 Å². The average molecular weight is 557 g/mol. The molecule has 0 atom stereocenters. The maximum Gasteiger partial charge on any atom is 0.410 e. The van der Waals surface area contributed by atoms with Crippen molar-refractivity contribution in [3.8, 4) is 11.1 Å². The van der Waals surface area contributed by atoms with E-state index in [-0.39, 0.29) is 11.7 Å². The first kappa shape index (κ1) is 29.2. The molecule has 1 aromatic carbocycles. The third kappa shape index (κ3) is 6.32. The first-order valence-electron chi connectivity index (χ1n) is 13.3. The molecule has 7 nitrogen and oxygen atoms in total. The van der Waals surface area contributed by atoms with Crippen molar-refractivity contribution in [2.24, 2.45) is 0 Å². The molecule has 10 heteroatoms. The number of benzene rings is 1. The number of halogens is 3. The van der Waals surface area contributed by atoms with Gasteiger partial charge in [0.1, 0.15) is 17.2 Å². The van der Waals surface area contributed by atoms with E-state index < -0.39 is 36.3 Å². The van der Waals surface area contributed by atoms with Crippen LogP contribution in [0.5, 0.6) is 0 Å². The Morgan fingerprint density at radius 1 is 1.15 bits per heavy atom. The molecular weight excluding hydrogens is 521 g/mol. The summed E-state index contributed by atoms with van der Waals surface area (Å²) in [6.45, 7) is 10.7. The van der Waals surface area contributed by atoms with Crippen LogP contribution in [0.1, 0.15) is 62.8 Å². The van der Waals surface area contributed by atoms with Gasteiger partial charge in [-0.25, -0.2) is 22.9 Å². The second-order valence-corrected chi connectivity index (χ2v) is 11.2. The highest BCUT2D eigenvalue weighted by molar-refractivity contribution is 6.03. The molecule has 1 aliphatic heterocycles. The molecule has 0 saturated heterocycles. The molecule has 0 saturated carbocycles. The molecule has 0 fully saturated rings. The number of aryl methyl sites for hydroxylation is 1. The molecule has 2 amide bonds. The van der Waals surface area contributed by atoms with Crippen LogP contribution < -0.4 is 0 Å². The Kier molecular flexibility index (Phi) is 8.28. The number of amides is 2. The Morgan fingerprint density at radius 3 is 2.48 bits per heavy atom. The molecule has 0 unspecified atom stereocenters. The number of pyridine rings is 1. The van der Waals surface area contributed by atoms with E-state index in [9.17, 15) is 22.8 Å². The number of aromatic nitrogens is 2.